The fourth-order valence-electron chi connectivity index (χ4n) is 2.50. The summed E-state index contributed by atoms with van der Waals surface area (Å²) in [4.78, 5) is 0. The molecule has 3 unspecified atom stereocenters. The highest BCUT2D eigenvalue weighted by atomic mass is 16.3. The van der Waals surface area contributed by atoms with Crippen LogP contribution >= 0.6 is 0 Å². The van der Waals surface area contributed by atoms with Crippen LogP contribution in [0.4, 0.5) is 0 Å². The summed E-state index contributed by atoms with van der Waals surface area (Å²) in [7, 11) is 0. The third-order valence-electron chi connectivity index (χ3n) is 3.26. The Balaban J connectivity index is 1.93. The Kier molecular flexibility index (Phi) is 1.69. The third kappa shape index (κ3) is 0.968. The van der Waals surface area contributed by atoms with Crippen LogP contribution in [0.25, 0.3) is 0 Å². The van der Waals surface area contributed by atoms with Gasteiger partial charge in [-0.2, -0.15) is 0 Å². The van der Waals surface area contributed by atoms with Crippen molar-refractivity contribution in [2.75, 3.05) is 0 Å². The molecule has 1 nitrogen and oxygen atoms in total. The quantitative estimate of drug-likeness (QED) is 0.545. The summed E-state index contributed by atoms with van der Waals surface area (Å²) in [6.45, 7) is 0. The van der Waals surface area contributed by atoms with Crippen molar-refractivity contribution in [1.82, 2.24) is 0 Å². The van der Waals surface area contributed by atoms with Gasteiger partial charge in [0.2, 0.25) is 0 Å². The fraction of sp³-hybridized carbons (Fsp3) is 1.00. The van der Waals surface area contributed by atoms with Gasteiger partial charge in [0.15, 0.2) is 0 Å². The zero-order valence-corrected chi connectivity index (χ0v) is 6.42. The van der Waals surface area contributed by atoms with Crippen LogP contribution in [0.15, 0.2) is 0 Å². The van der Waals surface area contributed by atoms with Gasteiger partial charge in [-0.05, 0) is 31.1 Å². The molecular weight excluding hydrogens is 124 g/mol. The Hall–Kier alpha value is -0.0400. The van der Waals surface area contributed by atoms with E-state index in [-0.39, 0.29) is 6.10 Å². The van der Waals surface area contributed by atoms with Crippen LogP contribution in [-0.2, 0) is 0 Å². The van der Waals surface area contributed by atoms with Crippen LogP contribution in [0.2, 0.25) is 0 Å². The fourth-order valence-corrected chi connectivity index (χ4v) is 2.50. The number of fused-ring (bicyclic) bond motifs is 1. The second-order valence-corrected chi connectivity index (χ2v) is 3.86. The van der Waals surface area contributed by atoms with Gasteiger partial charge in [0.05, 0.1) is 6.10 Å². The van der Waals surface area contributed by atoms with Crippen LogP contribution in [0.1, 0.15) is 38.5 Å². The number of aliphatic hydroxyl groups excluding tert-OH is 1. The Labute approximate surface area is 62.4 Å². The first kappa shape index (κ1) is 6.66. The molecule has 58 valence electrons. The second-order valence-electron chi connectivity index (χ2n) is 3.86. The second kappa shape index (κ2) is 2.54. The number of hydrogen-bond acceptors (Lipinski definition) is 1. The molecule has 0 heterocycles. The molecule has 0 aromatic carbocycles. The van der Waals surface area contributed by atoms with Gasteiger partial charge in [0.25, 0.3) is 0 Å². The minimum atomic E-state index is 0.0723. The van der Waals surface area contributed by atoms with Crippen molar-refractivity contribution in [2.45, 2.75) is 44.6 Å². The Morgan fingerprint density at radius 3 is 2.60 bits per heavy atom. The Morgan fingerprint density at radius 1 is 1.00 bits per heavy atom. The molecule has 0 bridgehead atoms. The molecule has 0 radical (unpaired) electrons. The van der Waals surface area contributed by atoms with E-state index >= 15 is 0 Å². The highest BCUT2D eigenvalue weighted by Crippen LogP contribution is 2.43. The standard InChI is InChI=1S/C9H16O/c10-9-6-7-4-2-1-3-5-8(7)9/h7-10H,1-6H2. The predicted octanol–water partition coefficient (Wildman–Crippen LogP) is 1.95. The first-order valence-electron chi connectivity index (χ1n) is 4.56. The lowest BCUT2D eigenvalue weighted by molar-refractivity contribution is -0.0365. The molecule has 2 rings (SSSR count). The molecule has 2 aliphatic carbocycles. The minimum Gasteiger partial charge on any atom is -0.393 e. The minimum absolute atomic E-state index is 0.0723. The average Bonchev–Trinajstić information content (AvgIpc) is 2.09. The molecule has 1 heteroatoms. The van der Waals surface area contributed by atoms with Crippen LogP contribution < -0.4 is 0 Å². The van der Waals surface area contributed by atoms with Gasteiger partial charge in [0.1, 0.15) is 0 Å². The normalized spacial score (nSPS) is 47.1. The summed E-state index contributed by atoms with van der Waals surface area (Å²) in [6.07, 6.45) is 8.03. The molecule has 2 aliphatic rings. The molecule has 0 aliphatic heterocycles. The summed E-state index contributed by atoms with van der Waals surface area (Å²) in [6, 6.07) is 0. The van der Waals surface area contributed by atoms with E-state index in [2.05, 4.69) is 0 Å². The summed E-state index contributed by atoms with van der Waals surface area (Å²) in [5.74, 6) is 1.60. The van der Waals surface area contributed by atoms with Crippen LogP contribution in [0.3, 0.4) is 0 Å². The lowest BCUT2D eigenvalue weighted by Gasteiger charge is -2.40. The van der Waals surface area contributed by atoms with Crippen LogP contribution in [0.5, 0.6) is 0 Å². The highest BCUT2D eigenvalue weighted by Gasteiger charge is 2.39. The van der Waals surface area contributed by atoms with Gasteiger partial charge in [-0.1, -0.05) is 19.3 Å². The summed E-state index contributed by atoms with van der Waals surface area (Å²) in [5.41, 5.74) is 0. The van der Waals surface area contributed by atoms with E-state index in [0.29, 0.717) is 5.92 Å². The molecule has 10 heavy (non-hydrogen) atoms. The van der Waals surface area contributed by atoms with E-state index in [1.165, 1.54) is 32.1 Å². The molecular formula is C9H16O. The maximum absolute atomic E-state index is 9.37. The molecule has 3 atom stereocenters. The summed E-state index contributed by atoms with van der Waals surface area (Å²) in [5, 5.41) is 9.37. The van der Waals surface area contributed by atoms with Crippen LogP contribution in [0, 0.1) is 11.8 Å². The first-order chi connectivity index (χ1) is 4.88. The van der Waals surface area contributed by atoms with Gasteiger partial charge in [-0.25, -0.2) is 0 Å². The van der Waals surface area contributed by atoms with E-state index in [1.54, 1.807) is 0 Å². The van der Waals surface area contributed by atoms with Gasteiger partial charge in [-0.3, -0.25) is 0 Å². The maximum Gasteiger partial charge on any atom is 0.0573 e. The zero-order valence-electron chi connectivity index (χ0n) is 6.42. The van der Waals surface area contributed by atoms with Crippen molar-refractivity contribution >= 4 is 0 Å². The predicted molar refractivity (Wildman–Crippen MR) is 40.7 cm³/mol. The summed E-state index contributed by atoms with van der Waals surface area (Å²) >= 11 is 0. The van der Waals surface area contributed by atoms with Crippen molar-refractivity contribution in [3.05, 3.63) is 0 Å². The topological polar surface area (TPSA) is 20.2 Å². The van der Waals surface area contributed by atoms with Crippen molar-refractivity contribution in [3.8, 4) is 0 Å². The summed E-state index contributed by atoms with van der Waals surface area (Å²) < 4.78 is 0. The molecule has 0 aromatic heterocycles. The molecule has 2 saturated carbocycles. The van der Waals surface area contributed by atoms with E-state index in [1.807, 2.05) is 0 Å². The molecule has 1 N–H and O–H groups in total. The van der Waals surface area contributed by atoms with E-state index < -0.39 is 0 Å². The molecule has 0 aromatic rings. The lowest BCUT2D eigenvalue weighted by atomic mass is 9.68. The van der Waals surface area contributed by atoms with E-state index in [0.717, 1.165) is 12.3 Å². The van der Waals surface area contributed by atoms with E-state index in [4.69, 9.17) is 0 Å². The molecule has 2 fully saturated rings. The Bertz CT molecular complexity index is 122. The molecule has 0 spiro atoms. The number of aliphatic hydroxyl groups is 1. The largest absolute Gasteiger partial charge is 0.393 e. The van der Waals surface area contributed by atoms with Gasteiger partial charge >= 0.3 is 0 Å². The van der Waals surface area contributed by atoms with Crippen molar-refractivity contribution < 1.29 is 5.11 Å². The van der Waals surface area contributed by atoms with Gasteiger partial charge in [0, 0.05) is 0 Å². The molecule has 0 saturated heterocycles. The number of hydrogen-bond donors (Lipinski definition) is 1. The zero-order chi connectivity index (χ0) is 6.97. The Morgan fingerprint density at radius 2 is 1.80 bits per heavy atom. The van der Waals surface area contributed by atoms with Crippen molar-refractivity contribution in [1.29, 1.82) is 0 Å². The lowest BCUT2D eigenvalue weighted by Crippen LogP contribution is -2.40. The number of rotatable bonds is 0. The smallest absolute Gasteiger partial charge is 0.0573 e. The monoisotopic (exact) mass is 140 g/mol. The first-order valence-corrected chi connectivity index (χ1v) is 4.56. The average molecular weight is 140 g/mol. The highest BCUT2D eigenvalue weighted by molar-refractivity contribution is 4.90. The van der Waals surface area contributed by atoms with Crippen LogP contribution in [-0.4, -0.2) is 11.2 Å². The van der Waals surface area contributed by atoms with Gasteiger partial charge in [-0.15, -0.1) is 0 Å². The molecule has 0 amide bonds. The van der Waals surface area contributed by atoms with Gasteiger partial charge < -0.3 is 5.11 Å². The van der Waals surface area contributed by atoms with Crippen molar-refractivity contribution in [3.63, 3.8) is 0 Å². The van der Waals surface area contributed by atoms with E-state index in [9.17, 15) is 5.11 Å². The third-order valence-corrected chi connectivity index (χ3v) is 3.26. The maximum atomic E-state index is 9.37. The van der Waals surface area contributed by atoms with Crippen molar-refractivity contribution in [2.24, 2.45) is 11.8 Å². The SMILES string of the molecule is OC1CC2CCCCCC12.